The van der Waals surface area contributed by atoms with E-state index in [0.717, 1.165) is 15.1 Å². The molecular formula is C22H12BrClFNO4. The minimum absolute atomic E-state index is 0.0578. The van der Waals surface area contributed by atoms with Crippen molar-refractivity contribution >= 4 is 50.2 Å². The van der Waals surface area contributed by atoms with Crippen molar-refractivity contribution in [3.05, 3.63) is 103 Å². The standard InChI is InChI=1S/C22H12BrClFNO4/c23-14-6-4-12(5-7-14)19(27)11-26-18-10-17(24)16(9-20(18)30-22(26)29)21(28)13-2-1-3-15(25)8-13/h1-10H,11H2. The number of fused-ring (bicyclic) bond motifs is 1. The quantitative estimate of drug-likeness (QED) is 0.359. The molecular weight excluding hydrogens is 477 g/mol. The lowest BCUT2D eigenvalue weighted by atomic mass is 10.0. The molecule has 0 aliphatic carbocycles. The summed E-state index contributed by atoms with van der Waals surface area (Å²) >= 11 is 9.58. The van der Waals surface area contributed by atoms with Gasteiger partial charge in [0.15, 0.2) is 17.1 Å². The van der Waals surface area contributed by atoms with Gasteiger partial charge in [-0.3, -0.25) is 14.2 Å². The molecule has 0 bridgehead atoms. The fourth-order valence-electron chi connectivity index (χ4n) is 3.06. The van der Waals surface area contributed by atoms with E-state index in [4.69, 9.17) is 16.0 Å². The second-order valence-corrected chi connectivity index (χ2v) is 7.85. The van der Waals surface area contributed by atoms with Crippen LogP contribution in [0.4, 0.5) is 4.39 Å². The van der Waals surface area contributed by atoms with E-state index >= 15 is 0 Å². The fraction of sp³-hybridized carbons (Fsp3) is 0.0455. The van der Waals surface area contributed by atoms with Gasteiger partial charge in [-0.25, -0.2) is 9.18 Å². The molecule has 0 amide bonds. The number of rotatable bonds is 5. The Hall–Kier alpha value is -3.03. The number of nitrogens with zero attached hydrogens (tertiary/aromatic N) is 1. The predicted molar refractivity (Wildman–Crippen MR) is 114 cm³/mol. The maximum absolute atomic E-state index is 13.5. The van der Waals surface area contributed by atoms with Crippen LogP contribution >= 0.6 is 27.5 Å². The van der Waals surface area contributed by atoms with Gasteiger partial charge in [0.2, 0.25) is 0 Å². The van der Waals surface area contributed by atoms with Gasteiger partial charge in [-0.1, -0.05) is 51.8 Å². The Kier molecular flexibility index (Phi) is 5.40. The lowest BCUT2D eigenvalue weighted by molar-refractivity contribution is 0.0969. The molecule has 4 rings (SSSR count). The second-order valence-electron chi connectivity index (χ2n) is 6.52. The van der Waals surface area contributed by atoms with Gasteiger partial charge >= 0.3 is 5.76 Å². The minimum atomic E-state index is -0.748. The van der Waals surface area contributed by atoms with Crippen LogP contribution in [0.25, 0.3) is 11.1 Å². The van der Waals surface area contributed by atoms with Crippen LogP contribution in [0, 0.1) is 5.82 Å². The van der Waals surface area contributed by atoms with Crippen molar-refractivity contribution in [3.63, 3.8) is 0 Å². The van der Waals surface area contributed by atoms with E-state index in [2.05, 4.69) is 15.9 Å². The van der Waals surface area contributed by atoms with Crippen LogP contribution in [-0.4, -0.2) is 16.1 Å². The van der Waals surface area contributed by atoms with Crippen LogP contribution in [0.15, 0.2) is 74.3 Å². The molecule has 1 aromatic heterocycles. The van der Waals surface area contributed by atoms with E-state index in [9.17, 15) is 18.8 Å². The van der Waals surface area contributed by atoms with Gasteiger partial charge in [0, 0.05) is 21.2 Å². The molecule has 0 radical (unpaired) electrons. The van der Waals surface area contributed by atoms with Crippen molar-refractivity contribution in [2.75, 3.05) is 0 Å². The smallest absolute Gasteiger partial charge is 0.408 e. The molecule has 0 spiro atoms. The predicted octanol–water partition coefficient (Wildman–Crippen LogP) is 5.26. The van der Waals surface area contributed by atoms with Crippen molar-refractivity contribution in [1.82, 2.24) is 4.57 Å². The highest BCUT2D eigenvalue weighted by molar-refractivity contribution is 9.10. The summed E-state index contributed by atoms with van der Waals surface area (Å²) in [4.78, 5) is 37.6. The molecule has 3 aromatic carbocycles. The van der Waals surface area contributed by atoms with Gasteiger partial charge in [0.05, 0.1) is 17.1 Å². The van der Waals surface area contributed by atoms with Crippen LogP contribution in [-0.2, 0) is 6.54 Å². The molecule has 150 valence electrons. The Labute approximate surface area is 182 Å². The zero-order valence-electron chi connectivity index (χ0n) is 15.2. The highest BCUT2D eigenvalue weighted by Crippen LogP contribution is 2.26. The van der Waals surface area contributed by atoms with E-state index in [-0.39, 0.29) is 39.6 Å². The zero-order chi connectivity index (χ0) is 21.4. The Morgan fingerprint density at radius 1 is 1.03 bits per heavy atom. The summed E-state index contributed by atoms with van der Waals surface area (Å²) in [6.45, 7) is -0.249. The first-order valence-corrected chi connectivity index (χ1v) is 9.92. The van der Waals surface area contributed by atoms with Crippen molar-refractivity contribution in [3.8, 4) is 0 Å². The molecule has 0 saturated heterocycles. The number of Topliss-reactive ketones (excluding diaryl/α,β-unsaturated/α-hetero) is 1. The number of hydrogen-bond donors (Lipinski definition) is 0. The van der Waals surface area contributed by atoms with E-state index in [1.807, 2.05) is 0 Å². The molecule has 4 aromatic rings. The topological polar surface area (TPSA) is 69.3 Å². The van der Waals surface area contributed by atoms with Gasteiger partial charge in [0.25, 0.3) is 0 Å². The fourth-order valence-corrected chi connectivity index (χ4v) is 3.57. The lowest BCUT2D eigenvalue weighted by Crippen LogP contribution is -2.20. The maximum atomic E-state index is 13.5. The molecule has 8 heteroatoms. The van der Waals surface area contributed by atoms with Crippen molar-refractivity contribution in [1.29, 1.82) is 0 Å². The summed E-state index contributed by atoms with van der Waals surface area (Å²) in [5.74, 6) is -2.10. The normalized spacial score (nSPS) is 11.0. The number of carbonyl (C=O) groups excluding carboxylic acids is 2. The number of halogens is 3. The first-order chi connectivity index (χ1) is 14.3. The molecule has 5 nitrogen and oxygen atoms in total. The maximum Gasteiger partial charge on any atom is 0.420 e. The zero-order valence-corrected chi connectivity index (χ0v) is 17.5. The number of hydrogen-bond acceptors (Lipinski definition) is 4. The third-order valence-corrected chi connectivity index (χ3v) is 5.40. The van der Waals surface area contributed by atoms with Gasteiger partial charge in [-0.2, -0.15) is 0 Å². The number of aromatic nitrogens is 1. The van der Waals surface area contributed by atoms with E-state index in [1.54, 1.807) is 24.3 Å². The number of carbonyl (C=O) groups is 2. The van der Waals surface area contributed by atoms with Gasteiger partial charge < -0.3 is 4.42 Å². The average Bonchev–Trinajstić information content (AvgIpc) is 3.01. The molecule has 30 heavy (non-hydrogen) atoms. The number of ketones is 2. The first kappa shape index (κ1) is 20.3. The second kappa shape index (κ2) is 8.01. The lowest BCUT2D eigenvalue weighted by Gasteiger charge is -2.06. The summed E-state index contributed by atoms with van der Waals surface area (Å²) in [7, 11) is 0. The summed E-state index contributed by atoms with van der Waals surface area (Å²) in [5.41, 5.74) is 1.00. The summed E-state index contributed by atoms with van der Waals surface area (Å²) in [6.07, 6.45) is 0. The number of benzene rings is 3. The van der Waals surface area contributed by atoms with Crippen molar-refractivity contribution < 1.29 is 18.4 Å². The average molecular weight is 489 g/mol. The largest absolute Gasteiger partial charge is 0.420 e. The summed E-state index contributed by atoms with van der Waals surface area (Å²) in [6, 6.07) is 14.7. The Morgan fingerprint density at radius 2 is 1.77 bits per heavy atom. The van der Waals surface area contributed by atoms with Crippen molar-refractivity contribution in [2.24, 2.45) is 0 Å². The Balaban J connectivity index is 1.72. The summed E-state index contributed by atoms with van der Waals surface area (Å²) in [5, 5.41) is 0.0578. The molecule has 0 unspecified atom stereocenters. The summed E-state index contributed by atoms with van der Waals surface area (Å²) < 4.78 is 20.7. The van der Waals surface area contributed by atoms with Crippen molar-refractivity contribution in [2.45, 2.75) is 6.54 Å². The molecule has 0 N–H and O–H groups in total. The third kappa shape index (κ3) is 3.86. The molecule has 0 saturated carbocycles. The Bertz CT molecular complexity index is 1360. The third-order valence-electron chi connectivity index (χ3n) is 4.56. The molecule has 0 atom stereocenters. The molecule has 1 heterocycles. The van der Waals surface area contributed by atoms with Gasteiger partial charge in [-0.05, 0) is 36.4 Å². The van der Waals surface area contributed by atoms with Crippen LogP contribution in [0.3, 0.4) is 0 Å². The van der Waals surface area contributed by atoms with Gasteiger partial charge in [0.1, 0.15) is 5.82 Å². The van der Waals surface area contributed by atoms with Crippen LogP contribution in [0.5, 0.6) is 0 Å². The SMILES string of the molecule is O=C(Cn1c(=O)oc2cc(C(=O)c3cccc(F)c3)c(Cl)cc21)c1ccc(Br)cc1. The molecule has 0 fully saturated rings. The monoisotopic (exact) mass is 487 g/mol. The van der Waals surface area contributed by atoms with Crippen LogP contribution in [0.2, 0.25) is 5.02 Å². The van der Waals surface area contributed by atoms with Crippen LogP contribution < -0.4 is 5.76 Å². The first-order valence-electron chi connectivity index (χ1n) is 8.75. The van der Waals surface area contributed by atoms with E-state index in [0.29, 0.717) is 5.56 Å². The van der Waals surface area contributed by atoms with Crippen LogP contribution in [0.1, 0.15) is 26.3 Å². The highest BCUT2D eigenvalue weighted by Gasteiger charge is 2.20. The minimum Gasteiger partial charge on any atom is -0.408 e. The van der Waals surface area contributed by atoms with E-state index < -0.39 is 17.4 Å². The van der Waals surface area contributed by atoms with E-state index in [1.165, 1.54) is 30.3 Å². The molecule has 0 aliphatic rings. The van der Waals surface area contributed by atoms with Gasteiger partial charge in [-0.15, -0.1) is 0 Å². The molecule has 0 aliphatic heterocycles. The Morgan fingerprint density at radius 3 is 2.47 bits per heavy atom. The highest BCUT2D eigenvalue weighted by atomic mass is 79.9. The number of oxazole rings is 1.